The van der Waals surface area contributed by atoms with E-state index < -0.39 is 0 Å². The van der Waals surface area contributed by atoms with Crippen LogP contribution >= 0.6 is 0 Å². The van der Waals surface area contributed by atoms with Crippen LogP contribution in [0, 0.1) is 0 Å². The monoisotopic (exact) mass is 281 g/mol. The van der Waals surface area contributed by atoms with Crippen molar-refractivity contribution in [1.29, 1.82) is 0 Å². The zero-order valence-electron chi connectivity index (χ0n) is 13.5. The molecule has 0 fully saturated rings. The van der Waals surface area contributed by atoms with Crippen LogP contribution in [0.2, 0.25) is 0 Å². The first-order valence-corrected chi connectivity index (χ1v) is 7.06. The van der Waals surface area contributed by atoms with E-state index >= 15 is 0 Å². The Morgan fingerprint density at radius 2 is 1.60 bits per heavy atom. The molecule has 0 aromatic heterocycles. The molecule has 1 aliphatic heterocycles. The highest BCUT2D eigenvalue weighted by Gasteiger charge is 2.24. The normalized spacial score (nSPS) is 16.5. The lowest BCUT2D eigenvalue weighted by Gasteiger charge is -2.31. The predicted molar refractivity (Wildman–Crippen MR) is 80.5 cm³/mol. The van der Waals surface area contributed by atoms with Gasteiger partial charge >= 0.3 is 6.03 Å². The maximum absolute atomic E-state index is 12.0. The predicted octanol–water partition coefficient (Wildman–Crippen LogP) is 2.04. The third-order valence-electron chi connectivity index (χ3n) is 2.76. The molecule has 1 aliphatic rings. The van der Waals surface area contributed by atoms with E-state index in [1.807, 2.05) is 47.6 Å². The highest BCUT2D eigenvalue weighted by atomic mass is 16.2. The van der Waals surface area contributed by atoms with Crippen LogP contribution in [0.1, 0.15) is 48.0 Å². The van der Waals surface area contributed by atoms with E-state index in [4.69, 9.17) is 0 Å². The Balaban J connectivity index is 2.57. The van der Waals surface area contributed by atoms with Crippen LogP contribution in [0.3, 0.4) is 0 Å². The van der Waals surface area contributed by atoms with Crippen molar-refractivity contribution in [2.24, 2.45) is 0 Å². The summed E-state index contributed by atoms with van der Waals surface area (Å²) in [5.74, 6) is -0.0339. The minimum absolute atomic E-state index is 0.0339. The van der Waals surface area contributed by atoms with Gasteiger partial charge in [0.25, 0.3) is 0 Å². The Morgan fingerprint density at radius 3 is 2.00 bits per heavy atom. The van der Waals surface area contributed by atoms with Gasteiger partial charge in [-0.25, -0.2) is 4.79 Å². The lowest BCUT2D eigenvalue weighted by molar-refractivity contribution is -0.119. The summed E-state index contributed by atoms with van der Waals surface area (Å²) in [5, 5.41) is 5.87. The average molecular weight is 281 g/mol. The van der Waals surface area contributed by atoms with Gasteiger partial charge in [0.15, 0.2) is 0 Å². The number of rotatable bonds is 1. The van der Waals surface area contributed by atoms with E-state index in [0.717, 1.165) is 5.57 Å². The lowest BCUT2D eigenvalue weighted by Crippen LogP contribution is -2.50. The van der Waals surface area contributed by atoms with E-state index in [1.165, 1.54) is 0 Å². The summed E-state index contributed by atoms with van der Waals surface area (Å²) in [7, 11) is 0. The van der Waals surface area contributed by atoms with E-state index in [9.17, 15) is 9.59 Å². The number of amides is 3. The number of nitrogens with zero attached hydrogens (tertiary/aromatic N) is 1. The number of hydrogen-bond donors (Lipinski definition) is 2. The molecule has 0 unspecified atom stereocenters. The zero-order valence-corrected chi connectivity index (χ0v) is 13.5. The van der Waals surface area contributed by atoms with Crippen molar-refractivity contribution in [3.8, 4) is 0 Å². The second-order valence-electron chi connectivity index (χ2n) is 7.31. The quantitative estimate of drug-likeness (QED) is 0.772. The topological polar surface area (TPSA) is 61.4 Å². The Morgan fingerprint density at radius 1 is 1.05 bits per heavy atom. The Labute approximate surface area is 121 Å². The van der Waals surface area contributed by atoms with Crippen molar-refractivity contribution in [3.63, 3.8) is 0 Å². The lowest BCUT2D eigenvalue weighted by atomic mass is 10.0. The second-order valence-corrected chi connectivity index (χ2v) is 7.31. The number of urea groups is 1. The van der Waals surface area contributed by atoms with Crippen molar-refractivity contribution in [3.05, 3.63) is 11.6 Å². The summed E-state index contributed by atoms with van der Waals surface area (Å²) in [4.78, 5) is 25.7. The van der Waals surface area contributed by atoms with E-state index in [2.05, 4.69) is 10.6 Å². The first-order valence-electron chi connectivity index (χ1n) is 7.06. The summed E-state index contributed by atoms with van der Waals surface area (Å²) in [5.41, 5.74) is 0.281. The van der Waals surface area contributed by atoms with Gasteiger partial charge in [-0.2, -0.15) is 0 Å². The first-order chi connectivity index (χ1) is 8.98. The summed E-state index contributed by atoms with van der Waals surface area (Å²) >= 11 is 0. The fourth-order valence-electron chi connectivity index (χ4n) is 1.88. The smallest absolute Gasteiger partial charge is 0.318 e. The van der Waals surface area contributed by atoms with Crippen LogP contribution in [0.5, 0.6) is 0 Å². The van der Waals surface area contributed by atoms with Crippen molar-refractivity contribution in [2.45, 2.75) is 59.0 Å². The molecule has 0 spiro atoms. The Bertz CT molecular complexity index is 414. The van der Waals surface area contributed by atoms with Crippen LogP contribution in [0.4, 0.5) is 4.79 Å². The number of carbonyl (C=O) groups is 2. The molecule has 0 aromatic carbocycles. The molecule has 0 atom stereocenters. The molecule has 0 aliphatic carbocycles. The minimum Gasteiger partial charge on any atom is -0.348 e. The second kappa shape index (κ2) is 5.85. The molecule has 20 heavy (non-hydrogen) atoms. The van der Waals surface area contributed by atoms with Crippen LogP contribution in [-0.4, -0.2) is 41.0 Å². The molecule has 0 aromatic rings. The molecule has 0 bridgehead atoms. The fourth-order valence-corrected chi connectivity index (χ4v) is 1.88. The molecule has 1 heterocycles. The van der Waals surface area contributed by atoms with Gasteiger partial charge in [0, 0.05) is 29.7 Å². The van der Waals surface area contributed by atoms with Crippen molar-refractivity contribution in [2.75, 3.05) is 13.1 Å². The molecule has 0 saturated heterocycles. The minimum atomic E-state index is -0.245. The van der Waals surface area contributed by atoms with Crippen molar-refractivity contribution in [1.82, 2.24) is 15.5 Å². The van der Waals surface area contributed by atoms with Gasteiger partial charge in [0.05, 0.1) is 0 Å². The third kappa shape index (κ3) is 5.63. The van der Waals surface area contributed by atoms with Gasteiger partial charge in [0.2, 0.25) is 5.91 Å². The van der Waals surface area contributed by atoms with Crippen molar-refractivity contribution < 1.29 is 9.59 Å². The molecule has 0 radical (unpaired) electrons. The fraction of sp³-hybridized carbons (Fsp3) is 0.733. The molecule has 114 valence electrons. The Hall–Kier alpha value is -1.52. The summed E-state index contributed by atoms with van der Waals surface area (Å²) in [6.07, 6.45) is 2.44. The first kappa shape index (κ1) is 16.5. The number of hydrogen-bond acceptors (Lipinski definition) is 2. The summed E-state index contributed by atoms with van der Waals surface area (Å²) < 4.78 is 0. The summed E-state index contributed by atoms with van der Waals surface area (Å²) in [6, 6.07) is -0.0796. The highest BCUT2D eigenvalue weighted by Crippen LogP contribution is 2.13. The molecular weight excluding hydrogens is 254 g/mol. The standard InChI is InChI=1S/C15H27N3O2/c1-14(2,3)16-12(19)11-7-9-18(10-8-11)13(20)17-15(4,5)6/h7H,8-10H2,1-6H3,(H,16,19)(H,17,20). The van der Waals surface area contributed by atoms with Gasteiger partial charge in [-0.05, 0) is 48.0 Å². The Kier molecular flexibility index (Phi) is 4.84. The zero-order chi connectivity index (χ0) is 15.6. The maximum atomic E-state index is 12.0. The van der Waals surface area contributed by atoms with Crippen LogP contribution in [0.15, 0.2) is 11.6 Å². The third-order valence-corrected chi connectivity index (χ3v) is 2.76. The van der Waals surface area contributed by atoms with Gasteiger partial charge in [-0.15, -0.1) is 0 Å². The largest absolute Gasteiger partial charge is 0.348 e. The molecule has 5 heteroatoms. The van der Waals surface area contributed by atoms with Crippen molar-refractivity contribution >= 4 is 11.9 Å². The molecule has 0 saturated carbocycles. The molecule has 3 amide bonds. The van der Waals surface area contributed by atoms with Gasteiger partial charge in [0.1, 0.15) is 0 Å². The van der Waals surface area contributed by atoms with Gasteiger partial charge in [-0.1, -0.05) is 6.08 Å². The summed E-state index contributed by atoms with van der Waals surface area (Å²) in [6.45, 7) is 12.8. The van der Waals surface area contributed by atoms with E-state index in [0.29, 0.717) is 19.5 Å². The van der Waals surface area contributed by atoms with Crippen LogP contribution < -0.4 is 10.6 Å². The van der Waals surface area contributed by atoms with Gasteiger partial charge in [-0.3, -0.25) is 4.79 Å². The van der Waals surface area contributed by atoms with Crippen LogP contribution in [0.25, 0.3) is 0 Å². The number of nitrogens with one attached hydrogen (secondary N) is 2. The average Bonchev–Trinajstić information content (AvgIpc) is 2.24. The maximum Gasteiger partial charge on any atom is 0.318 e. The molecule has 1 rings (SSSR count). The SMILES string of the molecule is CC(C)(C)NC(=O)C1=CCN(C(=O)NC(C)(C)C)CC1. The molecule has 2 N–H and O–H groups in total. The van der Waals surface area contributed by atoms with E-state index in [1.54, 1.807) is 4.90 Å². The highest BCUT2D eigenvalue weighted by molar-refractivity contribution is 5.94. The van der Waals surface area contributed by atoms with Gasteiger partial charge < -0.3 is 15.5 Å². The number of carbonyl (C=O) groups excluding carboxylic acids is 2. The van der Waals surface area contributed by atoms with E-state index in [-0.39, 0.29) is 23.0 Å². The molecule has 5 nitrogen and oxygen atoms in total. The molecular formula is C15H27N3O2. The van der Waals surface area contributed by atoms with Crippen LogP contribution in [-0.2, 0) is 4.79 Å².